The number of pyridine rings is 2. The average Bonchev–Trinajstić information content (AvgIpc) is 2.62. The first-order valence-corrected chi connectivity index (χ1v) is 7.45. The van der Waals surface area contributed by atoms with Gasteiger partial charge in [0.2, 0.25) is 0 Å². The topological polar surface area (TPSA) is 56.3 Å². The Morgan fingerprint density at radius 2 is 1.96 bits per heavy atom. The molecule has 0 spiro atoms. The fourth-order valence-corrected chi connectivity index (χ4v) is 2.53. The summed E-state index contributed by atoms with van der Waals surface area (Å²) in [4.78, 5) is 8.51. The largest absolute Gasteiger partial charge is 0.497 e. The van der Waals surface area contributed by atoms with Gasteiger partial charge in [-0.25, -0.2) is 0 Å². The van der Waals surface area contributed by atoms with Crippen molar-refractivity contribution >= 4 is 16.6 Å². The molecule has 3 aromatic rings. The fraction of sp³-hybridized carbons (Fsp3) is 0.222. The molecule has 0 aliphatic rings. The van der Waals surface area contributed by atoms with E-state index >= 15 is 0 Å². The van der Waals surface area contributed by atoms with Crippen molar-refractivity contribution < 1.29 is 9.47 Å². The van der Waals surface area contributed by atoms with Gasteiger partial charge in [0.15, 0.2) is 0 Å². The van der Waals surface area contributed by atoms with Gasteiger partial charge in [0.05, 0.1) is 19.7 Å². The van der Waals surface area contributed by atoms with Crippen LogP contribution < -0.4 is 14.8 Å². The molecule has 5 heteroatoms. The van der Waals surface area contributed by atoms with Crippen LogP contribution >= 0.6 is 0 Å². The molecule has 0 saturated carbocycles. The average molecular weight is 309 g/mol. The Morgan fingerprint density at radius 1 is 1.04 bits per heavy atom. The van der Waals surface area contributed by atoms with E-state index in [9.17, 15) is 0 Å². The number of aromatic nitrogens is 2. The highest BCUT2D eigenvalue weighted by Gasteiger charge is 2.06. The van der Waals surface area contributed by atoms with Gasteiger partial charge in [-0.05, 0) is 30.2 Å². The minimum atomic E-state index is 0.788. The number of hydrogen-bond donors (Lipinski definition) is 1. The highest BCUT2D eigenvalue weighted by molar-refractivity contribution is 5.90. The fourth-order valence-electron chi connectivity index (χ4n) is 2.53. The van der Waals surface area contributed by atoms with Crippen molar-refractivity contribution in [3.63, 3.8) is 0 Å². The highest BCUT2D eigenvalue weighted by atomic mass is 16.5. The summed E-state index contributed by atoms with van der Waals surface area (Å²) in [5.74, 6) is 1.64. The second kappa shape index (κ2) is 6.96. The van der Waals surface area contributed by atoms with Gasteiger partial charge in [0.1, 0.15) is 11.5 Å². The lowest BCUT2D eigenvalue weighted by Crippen LogP contribution is -2.06. The quantitative estimate of drug-likeness (QED) is 0.757. The molecule has 0 aliphatic carbocycles. The zero-order valence-electron chi connectivity index (χ0n) is 13.2. The third-order valence-electron chi connectivity index (χ3n) is 3.75. The standard InChI is InChI=1S/C18H19N3O2/c1-22-14-4-3-13(18(11-14)23-2)5-9-20-17-7-10-21-16-6-8-19-12-15(16)17/h3-4,6-8,10-12H,5,9H2,1-2H3,(H,20,21). The molecule has 5 nitrogen and oxygen atoms in total. The minimum absolute atomic E-state index is 0.788. The normalized spacial score (nSPS) is 10.5. The number of hydrogen-bond acceptors (Lipinski definition) is 5. The first-order chi connectivity index (χ1) is 11.3. The van der Waals surface area contributed by atoms with Gasteiger partial charge in [-0.15, -0.1) is 0 Å². The monoisotopic (exact) mass is 309 g/mol. The lowest BCUT2D eigenvalue weighted by Gasteiger charge is -2.12. The number of benzene rings is 1. The van der Waals surface area contributed by atoms with Crippen molar-refractivity contribution in [1.82, 2.24) is 9.97 Å². The van der Waals surface area contributed by atoms with E-state index < -0.39 is 0 Å². The second-order valence-corrected chi connectivity index (χ2v) is 5.11. The summed E-state index contributed by atoms with van der Waals surface area (Å²) in [5.41, 5.74) is 3.11. The molecule has 2 aromatic heterocycles. The summed E-state index contributed by atoms with van der Waals surface area (Å²) in [7, 11) is 3.33. The van der Waals surface area contributed by atoms with Crippen molar-refractivity contribution in [3.8, 4) is 11.5 Å². The van der Waals surface area contributed by atoms with Crippen molar-refractivity contribution in [2.75, 3.05) is 26.1 Å². The van der Waals surface area contributed by atoms with Gasteiger partial charge < -0.3 is 14.8 Å². The Labute approximate surface area is 135 Å². The first-order valence-electron chi connectivity index (χ1n) is 7.45. The molecule has 118 valence electrons. The van der Waals surface area contributed by atoms with Crippen LogP contribution in [0.25, 0.3) is 10.9 Å². The number of methoxy groups -OCH3 is 2. The number of rotatable bonds is 6. The molecule has 0 bridgehead atoms. The summed E-state index contributed by atoms with van der Waals surface area (Å²) in [6.45, 7) is 0.788. The van der Waals surface area contributed by atoms with Gasteiger partial charge >= 0.3 is 0 Å². The molecule has 1 N–H and O–H groups in total. The van der Waals surface area contributed by atoms with Crippen LogP contribution in [0.2, 0.25) is 0 Å². The maximum Gasteiger partial charge on any atom is 0.125 e. The number of nitrogens with zero attached hydrogens (tertiary/aromatic N) is 2. The third kappa shape index (κ3) is 3.34. The van der Waals surface area contributed by atoms with Crippen LogP contribution in [0, 0.1) is 0 Å². The van der Waals surface area contributed by atoms with Crippen molar-refractivity contribution in [3.05, 3.63) is 54.5 Å². The van der Waals surface area contributed by atoms with Crippen molar-refractivity contribution in [2.45, 2.75) is 6.42 Å². The van der Waals surface area contributed by atoms with E-state index in [1.54, 1.807) is 26.6 Å². The van der Waals surface area contributed by atoms with E-state index in [1.165, 1.54) is 0 Å². The first kappa shape index (κ1) is 15.1. The Balaban J connectivity index is 1.72. The molecule has 1 aromatic carbocycles. The summed E-state index contributed by atoms with van der Waals surface area (Å²) in [6, 6.07) is 9.76. The molecule has 0 fully saturated rings. The van der Waals surface area contributed by atoms with Crippen LogP contribution in [0.4, 0.5) is 5.69 Å². The molecular formula is C18H19N3O2. The summed E-state index contributed by atoms with van der Waals surface area (Å²) in [5, 5.41) is 4.47. The molecule has 0 radical (unpaired) electrons. The van der Waals surface area contributed by atoms with Crippen molar-refractivity contribution in [2.24, 2.45) is 0 Å². The van der Waals surface area contributed by atoms with E-state index in [0.29, 0.717) is 0 Å². The van der Waals surface area contributed by atoms with Crippen LogP contribution in [0.1, 0.15) is 5.56 Å². The maximum absolute atomic E-state index is 5.43. The van der Waals surface area contributed by atoms with Gasteiger partial charge in [-0.3, -0.25) is 9.97 Å². The van der Waals surface area contributed by atoms with Crippen LogP contribution in [-0.2, 0) is 6.42 Å². The molecular weight excluding hydrogens is 290 g/mol. The molecule has 0 amide bonds. The zero-order valence-corrected chi connectivity index (χ0v) is 13.2. The minimum Gasteiger partial charge on any atom is -0.497 e. The summed E-state index contributed by atoms with van der Waals surface area (Å²) < 4.78 is 10.7. The van der Waals surface area contributed by atoms with Gasteiger partial charge in [-0.2, -0.15) is 0 Å². The SMILES string of the molecule is COc1ccc(CCNc2ccnc3ccncc23)c(OC)c1. The molecule has 0 aliphatic heterocycles. The Morgan fingerprint density at radius 3 is 2.78 bits per heavy atom. The molecule has 2 heterocycles. The molecule has 23 heavy (non-hydrogen) atoms. The Hall–Kier alpha value is -2.82. The molecule has 3 rings (SSSR count). The molecule has 0 saturated heterocycles. The van der Waals surface area contributed by atoms with Gasteiger partial charge in [0.25, 0.3) is 0 Å². The van der Waals surface area contributed by atoms with E-state index in [1.807, 2.05) is 36.5 Å². The van der Waals surface area contributed by atoms with Crippen LogP contribution in [-0.4, -0.2) is 30.7 Å². The number of ether oxygens (including phenoxy) is 2. The van der Waals surface area contributed by atoms with Crippen molar-refractivity contribution in [1.29, 1.82) is 0 Å². The third-order valence-corrected chi connectivity index (χ3v) is 3.75. The molecule has 0 atom stereocenters. The van der Waals surface area contributed by atoms with E-state index in [2.05, 4.69) is 15.3 Å². The van der Waals surface area contributed by atoms with Crippen LogP contribution in [0.3, 0.4) is 0 Å². The van der Waals surface area contributed by atoms with Gasteiger partial charge in [-0.1, -0.05) is 6.07 Å². The number of anilines is 1. The van der Waals surface area contributed by atoms with E-state index in [0.717, 1.165) is 46.6 Å². The predicted molar refractivity (Wildman–Crippen MR) is 91.3 cm³/mol. The number of fused-ring (bicyclic) bond motifs is 1. The number of nitrogens with one attached hydrogen (secondary N) is 1. The van der Waals surface area contributed by atoms with Gasteiger partial charge in [0, 0.05) is 42.3 Å². The second-order valence-electron chi connectivity index (χ2n) is 5.11. The zero-order chi connectivity index (χ0) is 16.1. The van der Waals surface area contributed by atoms with Crippen LogP contribution in [0.5, 0.6) is 11.5 Å². The summed E-state index contributed by atoms with van der Waals surface area (Å²) in [6.07, 6.45) is 6.23. The highest BCUT2D eigenvalue weighted by Crippen LogP contribution is 2.25. The maximum atomic E-state index is 5.43. The Bertz CT molecular complexity index is 800. The lowest BCUT2D eigenvalue weighted by atomic mass is 10.1. The van der Waals surface area contributed by atoms with E-state index in [-0.39, 0.29) is 0 Å². The van der Waals surface area contributed by atoms with E-state index in [4.69, 9.17) is 9.47 Å². The van der Waals surface area contributed by atoms with Crippen LogP contribution in [0.15, 0.2) is 48.9 Å². The molecule has 0 unspecified atom stereocenters. The smallest absolute Gasteiger partial charge is 0.125 e. The predicted octanol–water partition coefficient (Wildman–Crippen LogP) is 3.30. The lowest BCUT2D eigenvalue weighted by molar-refractivity contribution is 0.391. The Kier molecular flexibility index (Phi) is 4.57. The summed E-state index contributed by atoms with van der Waals surface area (Å²) >= 11 is 0.